The summed E-state index contributed by atoms with van der Waals surface area (Å²) in [4.78, 5) is 12.5. The second kappa shape index (κ2) is 3.88. The fraction of sp³-hybridized carbons (Fsp3) is 0. The molecule has 0 bridgehead atoms. The molecule has 18 heavy (non-hydrogen) atoms. The average molecular weight is 261 g/mol. The first kappa shape index (κ1) is 10.8. The predicted molar refractivity (Wildman–Crippen MR) is 69.4 cm³/mol. The number of hydrogen-bond acceptors (Lipinski definition) is 6. The summed E-state index contributed by atoms with van der Waals surface area (Å²) in [5, 5.41) is 0.925. The maximum Gasteiger partial charge on any atom is 0.225 e. The number of rotatable bonds is 1. The van der Waals surface area contributed by atoms with Gasteiger partial charge in [0.15, 0.2) is 5.82 Å². The van der Waals surface area contributed by atoms with Crippen LogP contribution in [0.15, 0.2) is 24.3 Å². The summed E-state index contributed by atoms with van der Waals surface area (Å²) >= 11 is 1.38. The fourth-order valence-electron chi connectivity index (χ4n) is 1.63. The van der Waals surface area contributed by atoms with Crippen LogP contribution in [0, 0.1) is 5.82 Å². The summed E-state index contributed by atoms with van der Waals surface area (Å²) in [7, 11) is 0. The van der Waals surface area contributed by atoms with Crippen molar-refractivity contribution in [1.82, 2.24) is 15.0 Å². The molecule has 1 aromatic carbocycles. The van der Waals surface area contributed by atoms with Gasteiger partial charge in [0.05, 0.1) is 4.88 Å². The third kappa shape index (κ3) is 1.84. The van der Waals surface area contributed by atoms with E-state index in [0.717, 1.165) is 15.0 Å². The lowest BCUT2D eigenvalue weighted by Gasteiger charge is -1.98. The number of nitrogens with two attached hydrogens (primary N) is 2. The van der Waals surface area contributed by atoms with E-state index in [1.165, 1.54) is 23.5 Å². The Hall–Kier alpha value is -2.28. The Bertz CT molecular complexity index is 719. The Morgan fingerprint density at radius 2 is 1.72 bits per heavy atom. The molecule has 90 valence electrons. The molecule has 0 radical (unpaired) electrons. The van der Waals surface area contributed by atoms with E-state index in [0.29, 0.717) is 5.82 Å². The van der Waals surface area contributed by atoms with Gasteiger partial charge in [-0.25, -0.2) is 4.39 Å². The summed E-state index contributed by atoms with van der Waals surface area (Å²) < 4.78 is 13.9. The highest BCUT2D eigenvalue weighted by molar-refractivity contribution is 7.22. The van der Waals surface area contributed by atoms with Gasteiger partial charge >= 0.3 is 0 Å². The number of halogens is 1. The van der Waals surface area contributed by atoms with Crippen LogP contribution >= 0.6 is 11.3 Å². The second-order valence-corrected chi connectivity index (χ2v) is 4.75. The third-order valence-electron chi connectivity index (χ3n) is 2.37. The Morgan fingerprint density at radius 3 is 2.44 bits per heavy atom. The highest BCUT2D eigenvalue weighted by Gasteiger charge is 2.09. The second-order valence-electron chi connectivity index (χ2n) is 3.67. The molecule has 0 spiro atoms. The molecule has 0 atom stereocenters. The van der Waals surface area contributed by atoms with E-state index >= 15 is 0 Å². The summed E-state index contributed by atoms with van der Waals surface area (Å²) in [5.74, 6) is 0.273. The van der Waals surface area contributed by atoms with Crippen LogP contribution in [0.3, 0.4) is 0 Å². The zero-order valence-electron chi connectivity index (χ0n) is 9.09. The van der Waals surface area contributed by atoms with Crippen molar-refractivity contribution < 1.29 is 4.39 Å². The zero-order chi connectivity index (χ0) is 12.7. The first-order chi connectivity index (χ1) is 8.61. The van der Waals surface area contributed by atoms with Gasteiger partial charge in [-0.2, -0.15) is 15.0 Å². The van der Waals surface area contributed by atoms with Gasteiger partial charge in [-0.1, -0.05) is 6.07 Å². The molecule has 4 N–H and O–H groups in total. The van der Waals surface area contributed by atoms with Gasteiger partial charge < -0.3 is 11.5 Å². The Balaban J connectivity index is 2.19. The minimum Gasteiger partial charge on any atom is -0.368 e. The summed E-state index contributed by atoms with van der Waals surface area (Å²) in [6.45, 7) is 0. The first-order valence-electron chi connectivity index (χ1n) is 5.08. The molecule has 0 saturated heterocycles. The Labute approximate surface area is 105 Å². The fourth-order valence-corrected chi connectivity index (χ4v) is 2.66. The zero-order valence-corrected chi connectivity index (χ0v) is 9.91. The molecule has 2 aromatic heterocycles. The van der Waals surface area contributed by atoms with Crippen molar-refractivity contribution in [3.05, 3.63) is 30.1 Å². The number of thiophene rings is 1. The molecule has 0 amide bonds. The van der Waals surface area contributed by atoms with Gasteiger partial charge in [-0.05, 0) is 23.6 Å². The van der Waals surface area contributed by atoms with Gasteiger partial charge in [0.2, 0.25) is 11.9 Å². The number of fused-ring (bicyclic) bond motifs is 1. The monoisotopic (exact) mass is 261 g/mol. The van der Waals surface area contributed by atoms with E-state index in [-0.39, 0.29) is 17.7 Å². The molecule has 0 unspecified atom stereocenters. The lowest BCUT2D eigenvalue weighted by molar-refractivity contribution is 0.630. The average Bonchev–Trinajstić information content (AvgIpc) is 2.70. The predicted octanol–water partition coefficient (Wildman–Crippen LogP) is 2.06. The molecule has 5 nitrogen and oxygen atoms in total. The number of aromatic nitrogens is 3. The van der Waals surface area contributed by atoms with Gasteiger partial charge in [0.25, 0.3) is 0 Å². The molecule has 3 aromatic rings. The van der Waals surface area contributed by atoms with Crippen LogP contribution in [-0.2, 0) is 0 Å². The topological polar surface area (TPSA) is 90.7 Å². The highest BCUT2D eigenvalue weighted by atomic mass is 32.1. The molecular formula is C11H8FN5S. The summed E-state index contributed by atoms with van der Waals surface area (Å²) in [6, 6.07) is 6.46. The molecule has 7 heteroatoms. The van der Waals surface area contributed by atoms with Crippen LogP contribution in [0.2, 0.25) is 0 Å². The standard InChI is InChI=1S/C11H8FN5S/c12-6-2-1-5-3-8(18-7(5)4-6)9-15-10(13)17-11(14)16-9/h1-4H,(H4,13,14,15,16,17). The first-order valence-corrected chi connectivity index (χ1v) is 5.90. The van der Waals surface area contributed by atoms with E-state index in [4.69, 9.17) is 11.5 Å². The van der Waals surface area contributed by atoms with E-state index < -0.39 is 0 Å². The van der Waals surface area contributed by atoms with Crippen molar-refractivity contribution in [1.29, 1.82) is 0 Å². The van der Waals surface area contributed by atoms with E-state index in [1.807, 2.05) is 6.07 Å². The lowest BCUT2D eigenvalue weighted by Crippen LogP contribution is -2.03. The normalized spacial score (nSPS) is 10.9. The van der Waals surface area contributed by atoms with Crippen molar-refractivity contribution >= 4 is 33.3 Å². The van der Waals surface area contributed by atoms with Crippen molar-refractivity contribution in [2.75, 3.05) is 11.5 Å². The smallest absolute Gasteiger partial charge is 0.225 e. The summed E-state index contributed by atoms with van der Waals surface area (Å²) in [6.07, 6.45) is 0. The third-order valence-corrected chi connectivity index (χ3v) is 3.47. The van der Waals surface area contributed by atoms with Crippen LogP contribution in [0.5, 0.6) is 0 Å². The summed E-state index contributed by atoms with van der Waals surface area (Å²) in [5.41, 5.74) is 11.0. The molecule has 0 aliphatic carbocycles. The van der Waals surface area contributed by atoms with E-state index in [2.05, 4.69) is 15.0 Å². The minimum absolute atomic E-state index is 0.0705. The highest BCUT2D eigenvalue weighted by Crippen LogP contribution is 2.32. The molecule has 0 aliphatic heterocycles. The molecule has 0 fully saturated rings. The van der Waals surface area contributed by atoms with E-state index in [1.54, 1.807) is 6.07 Å². The van der Waals surface area contributed by atoms with Crippen LogP contribution in [0.25, 0.3) is 20.8 Å². The molecular weight excluding hydrogens is 253 g/mol. The maximum absolute atomic E-state index is 13.1. The van der Waals surface area contributed by atoms with Crippen LogP contribution in [-0.4, -0.2) is 15.0 Å². The number of anilines is 2. The molecule has 2 heterocycles. The van der Waals surface area contributed by atoms with Crippen molar-refractivity contribution in [3.8, 4) is 10.7 Å². The van der Waals surface area contributed by atoms with Gasteiger partial charge in [-0.3, -0.25) is 0 Å². The van der Waals surface area contributed by atoms with E-state index in [9.17, 15) is 4.39 Å². The Kier molecular flexibility index (Phi) is 2.34. The number of nitrogen functional groups attached to an aromatic ring is 2. The van der Waals surface area contributed by atoms with Crippen LogP contribution < -0.4 is 11.5 Å². The van der Waals surface area contributed by atoms with Crippen LogP contribution in [0.4, 0.5) is 16.3 Å². The quantitative estimate of drug-likeness (QED) is 0.699. The van der Waals surface area contributed by atoms with Gasteiger partial charge in [0.1, 0.15) is 5.82 Å². The number of benzene rings is 1. The van der Waals surface area contributed by atoms with Gasteiger partial charge in [0, 0.05) is 4.70 Å². The lowest BCUT2D eigenvalue weighted by atomic mass is 10.2. The molecule has 0 aliphatic rings. The van der Waals surface area contributed by atoms with Crippen molar-refractivity contribution in [2.45, 2.75) is 0 Å². The largest absolute Gasteiger partial charge is 0.368 e. The SMILES string of the molecule is Nc1nc(N)nc(-c2cc3ccc(F)cc3s2)n1. The Morgan fingerprint density at radius 1 is 1.00 bits per heavy atom. The maximum atomic E-state index is 13.1. The van der Waals surface area contributed by atoms with Crippen molar-refractivity contribution in [2.24, 2.45) is 0 Å². The molecule has 0 saturated carbocycles. The van der Waals surface area contributed by atoms with Crippen LogP contribution in [0.1, 0.15) is 0 Å². The number of nitrogens with zero attached hydrogens (tertiary/aromatic N) is 3. The molecule has 3 rings (SSSR count). The van der Waals surface area contributed by atoms with Gasteiger partial charge in [-0.15, -0.1) is 11.3 Å². The minimum atomic E-state index is -0.273. The van der Waals surface area contributed by atoms with Crippen molar-refractivity contribution in [3.63, 3.8) is 0 Å². The number of hydrogen-bond donors (Lipinski definition) is 2.